The average molecular weight is 239 g/mol. The van der Waals surface area contributed by atoms with Crippen molar-refractivity contribution in [3.05, 3.63) is 24.3 Å². The molecule has 0 amide bonds. The molecule has 0 aromatic heterocycles. The average Bonchev–Trinajstić information content (AvgIpc) is 2.37. The quantitative estimate of drug-likeness (QED) is 0.603. The molecule has 0 aliphatic heterocycles. The molecule has 0 aliphatic rings. The van der Waals surface area contributed by atoms with Gasteiger partial charge in [0.1, 0.15) is 5.75 Å². The van der Waals surface area contributed by atoms with Gasteiger partial charge >= 0.3 is 0 Å². The fraction of sp³-hybridized carbons (Fsp3) is 0.538. The van der Waals surface area contributed by atoms with Crippen LogP contribution < -0.4 is 10.1 Å². The Morgan fingerprint density at radius 3 is 2.94 bits per heavy atom. The summed E-state index contributed by atoms with van der Waals surface area (Å²) in [6.07, 6.45) is 1.42. The monoisotopic (exact) mass is 239 g/mol. The molecule has 1 aromatic rings. The molecule has 1 aromatic carbocycles. The lowest BCUT2D eigenvalue weighted by Gasteiger charge is -2.11. The van der Waals surface area contributed by atoms with Gasteiger partial charge in [-0.25, -0.2) is 0 Å². The van der Waals surface area contributed by atoms with Gasteiger partial charge in [-0.1, -0.05) is 19.4 Å². The van der Waals surface area contributed by atoms with E-state index in [2.05, 4.69) is 12.2 Å². The molecule has 0 radical (unpaired) electrons. The summed E-state index contributed by atoms with van der Waals surface area (Å²) in [5, 5.41) is 21.0. The normalized spacial score (nSPS) is 12.2. The van der Waals surface area contributed by atoms with Crippen LogP contribution in [-0.4, -0.2) is 36.1 Å². The maximum Gasteiger partial charge on any atom is 0.121 e. The third-order valence-corrected chi connectivity index (χ3v) is 2.35. The summed E-state index contributed by atoms with van der Waals surface area (Å²) in [7, 11) is 0. The van der Waals surface area contributed by atoms with Gasteiger partial charge in [0.15, 0.2) is 0 Å². The third kappa shape index (κ3) is 5.56. The van der Waals surface area contributed by atoms with E-state index in [-0.39, 0.29) is 6.61 Å². The van der Waals surface area contributed by atoms with E-state index in [4.69, 9.17) is 9.84 Å². The number of benzene rings is 1. The number of hydrogen-bond acceptors (Lipinski definition) is 4. The summed E-state index contributed by atoms with van der Waals surface area (Å²) in [6.45, 7) is 2.94. The highest BCUT2D eigenvalue weighted by molar-refractivity contribution is 5.48. The minimum atomic E-state index is -0.736. The Morgan fingerprint density at radius 2 is 2.24 bits per heavy atom. The van der Waals surface area contributed by atoms with Gasteiger partial charge in [0.05, 0.1) is 19.3 Å². The minimum absolute atomic E-state index is 0.236. The summed E-state index contributed by atoms with van der Waals surface area (Å²) >= 11 is 0. The highest BCUT2D eigenvalue weighted by Crippen LogP contribution is 2.17. The van der Waals surface area contributed by atoms with Crippen LogP contribution in [-0.2, 0) is 0 Å². The lowest BCUT2D eigenvalue weighted by atomic mass is 10.3. The summed E-state index contributed by atoms with van der Waals surface area (Å²) < 4.78 is 5.57. The number of aliphatic hydroxyl groups excluding tert-OH is 2. The number of ether oxygens (including phenoxy) is 1. The second kappa shape index (κ2) is 7.92. The van der Waals surface area contributed by atoms with Crippen molar-refractivity contribution < 1.29 is 14.9 Å². The van der Waals surface area contributed by atoms with Gasteiger partial charge in [0.25, 0.3) is 0 Å². The van der Waals surface area contributed by atoms with E-state index in [0.29, 0.717) is 6.54 Å². The van der Waals surface area contributed by atoms with Crippen LogP contribution >= 0.6 is 0 Å². The van der Waals surface area contributed by atoms with E-state index >= 15 is 0 Å². The Morgan fingerprint density at radius 1 is 1.41 bits per heavy atom. The SMILES string of the molecule is CCCCOc1cccc(NCC(O)CO)c1. The summed E-state index contributed by atoms with van der Waals surface area (Å²) in [6, 6.07) is 7.59. The topological polar surface area (TPSA) is 61.7 Å². The number of hydrogen-bond donors (Lipinski definition) is 3. The molecule has 0 spiro atoms. The Bertz CT molecular complexity index is 317. The number of anilines is 1. The molecular formula is C13H21NO3. The Balaban J connectivity index is 2.42. The van der Waals surface area contributed by atoms with E-state index in [0.717, 1.165) is 30.9 Å². The lowest BCUT2D eigenvalue weighted by molar-refractivity contribution is 0.105. The fourth-order valence-corrected chi connectivity index (χ4v) is 1.33. The largest absolute Gasteiger partial charge is 0.494 e. The van der Waals surface area contributed by atoms with Gasteiger partial charge in [-0.15, -0.1) is 0 Å². The van der Waals surface area contributed by atoms with E-state index in [1.54, 1.807) is 0 Å². The van der Waals surface area contributed by atoms with Crippen LogP contribution in [0, 0.1) is 0 Å². The second-order valence-electron chi connectivity index (χ2n) is 3.95. The van der Waals surface area contributed by atoms with Crippen molar-refractivity contribution in [1.29, 1.82) is 0 Å². The molecule has 1 rings (SSSR count). The maximum absolute atomic E-state index is 9.22. The zero-order chi connectivity index (χ0) is 12.5. The molecule has 0 fully saturated rings. The number of unbranched alkanes of at least 4 members (excludes halogenated alkanes) is 1. The molecule has 4 heteroatoms. The standard InChI is InChI=1S/C13H21NO3/c1-2-3-7-17-13-6-4-5-11(8-13)14-9-12(16)10-15/h4-6,8,12,14-16H,2-3,7,9-10H2,1H3. The van der Waals surface area contributed by atoms with Crippen molar-refractivity contribution in [1.82, 2.24) is 0 Å². The number of aliphatic hydroxyl groups is 2. The zero-order valence-electron chi connectivity index (χ0n) is 10.2. The smallest absolute Gasteiger partial charge is 0.121 e. The van der Waals surface area contributed by atoms with Gasteiger partial charge in [-0.05, 0) is 18.6 Å². The minimum Gasteiger partial charge on any atom is -0.494 e. The first kappa shape index (κ1) is 13.8. The molecule has 17 heavy (non-hydrogen) atoms. The van der Waals surface area contributed by atoms with Crippen LogP contribution in [0.2, 0.25) is 0 Å². The van der Waals surface area contributed by atoms with Crippen LogP contribution in [0.15, 0.2) is 24.3 Å². The van der Waals surface area contributed by atoms with Gasteiger partial charge in [-0.2, -0.15) is 0 Å². The van der Waals surface area contributed by atoms with Crippen LogP contribution in [0.5, 0.6) is 5.75 Å². The Hall–Kier alpha value is -1.26. The summed E-state index contributed by atoms with van der Waals surface area (Å²) in [5.41, 5.74) is 0.881. The van der Waals surface area contributed by atoms with Crippen molar-refractivity contribution in [2.75, 3.05) is 25.1 Å². The van der Waals surface area contributed by atoms with Crippen molar-refractivity contribution in [2.45, 2.75) is 25.9 Å². The van der Waals surface area contributed by atoms with Gasteiger partial charge in [0, 0.05) is 18.3 Å². The van der Waals surface area contributed by atoms with Crippen LogP contribution in [0.4, 0.5) is 5.69 Å². The van der Waals surface area contributed by atoms with E-state index in [9.17, 15) is 5.11 Å². The van der Waals surface area contributed by atoms with Crippen molar-refractivity contribution in [3.63, 3.8) is 0 Å². The lowest BCUT2D eigenvalue weighted by Crippen LogP contribution is -2.22. The molecule has 1 atom stereocenters. The Kier molecular flexibility index (Phi) is 6.43. The number of nitrogens with one attached hydrogen (secondary N) is 1. The van der Waals surface area contributed by atoms with Crippen LogP contribution in [0.3, 0.4) is 0 Å². The van der Waals surface area contributed by atoms with Crippen LogP contribution in [0.1, 0.15) is 19.8 Å². The number of rotatable bonds is 8. The fourth-order valence-electron chi connectivity index (χ4n) is 1.33. The third-order valence-electron chi connectivity index (χ3n) is 2.35. The highest BCUT2D eigenvalue weighted by Gasteiger charge is 2.02. The molecular weight excluding hydrogens is 218 g/mol. The van der Waals surface area contributed by atoms with Gasteiger partial charge < -0.3 is 20.3 Å². The molecule has 4 nitrogen and oxygen atoms in total. The summed E-state index contributed by atoms with van der Waals surface area (Å²) in [5.74, 6) is 0.821. The predicted octanol–water partition coefficient (Wildman–Crippen LogP) is 1.63. The predicted molar refractivity (Wildman–Crippen MR) is 68.4 cm³/mol. The van der Waals surface area contributed by atoms with Crippen molar-refractivity contribution in [2.24, 2.45) is 0 Å². The summed E-state index contributed by atoms with van der Waals surface area (Å²) in [4.78, 5) is 0. The van der Waals surface area contributed by atoms with Crippen molar-refractivity contribution in [3.8, 4) is 5.75 Å². The highest BCUT2D eigenvalue weighted by atomic mass is 16.5. The first-order chi connectivity index (χ1) is 8.26. The van der Waals surface area contributed by atoms with E-state index < -0.39 is 6.10 Å². The molecule has 0 saturated carbocycles. The van der Waals surface area contributed by atoms with Crippen LogP contribution in [0.25, 0.3) is 0 Å². The van der Waals surface area contributed by atoms with Gasteiger partial charge in [-0.3, -0.25) is 0 Å². The molecule has 0 aliphatic carbocycles. The molecule has 0 heterocycles. The first-order valence-corrected chi connectivity index (χ1v) is 6.02. The van der Waals surface area contributed by atoms with E-state index in [1.165, 1.54) is 0 Å². The zero-order valence-corrected chi connectivity index (χ0v) is 10.2. The second-order valence-corrected chi connectivity index (χ2v) is 3.95. The molecule has 0 saturated heterocycles. The molecule has 1 unspecified atom stereocenters. The maximum atomic E-state index is 9.22. The first-order valence-electron chi connectivity index (χ1n) is 6.02. The molecule has 96 valence electrons. The van der Waals surface area contributed by atoms with E-state index in [1.807, 2.05) is 24.3 Å². The van der Waals surface area contributed by atoms with Crippen molar-refractivity contribution >= 4 is 5.69 Å². The molecule has 3 N–H and O–H groups in total. The van der Waals surface area contributed by atoms with Gasteiger partial charge in [0.2, 0.25) is 0 Å². The Labute approximate surface area is 102 Å². The molecule has 0 bridgehead atoms.